The Kier molecular flexibility index (Phi) is 4.69. The van der Waals surface area contributed by atoms with Crippen molar-refractivity contribution in [2.24, 2.45) is 5.92 Å². The standard InChI is InChI=1S/C12H25N/c1-8-12(9-2,13(6)7)11(5)10(3)4/h10H,5,8-9H2,1-4,6-7H3. The maximum Gasteiger partial charge on any atom is 0.0409 e. The van der Waals surface area contributed by atoms with Gasteiger partial charge >= 0.3 is 0 Å². The summed E-state index contributed by atoms with van der Waals surface area (Å²) in [4.78, 5) is 2.31. The monoisotopic (exact) mass is 183 g/mol. The van der Waals surface area contributed by atoms with Gasteiger partial charge in [-0.2, -0.15) is 0 Å². The molecule has 0 saturated carbocycles. The number of hydrogen-bond acceptors (Lipinski definition) is 1. The highest BCUT2D eigenvalue weighted by molar-refractivity contribution is 5.18. The lowest BCUT2D eigenvalue weighted by atomic mass is 9.79. The second-order valence-electron chi connectivity index (χ2n) is 4.31. The van der Waals surface area contributed by atoms with Gasteiger partial charge in [0.2, 0.25) is 0 Å². The van der Waals surface area contributed by atoms with Crippen molar-refractivity contribution in [2.45, 2.75) is 46.1 Å². The van der Waals surface area contributed by atoms with Crippen LogP contribution in [0, 0.1) is 5.92 Å². The second kappa shape index (κ2) is 4.80. The fourth-order valence-corrected chi connectivity index (χ4v) is 2.16. The highest BCUT2D eigenvalue weighted by atomic mass is 15.1. The average molecular weight is 183 g/mol. The summed E-state index contributed by atoms with van der Waals surface area (Å²) in [5.74, 6) is 0.572. The molecule has 0 spiro atoms. The Balaban J connectivity index is 4.87. The fourth-order valence-electron chi connectivity index (χ4n) is 2.16. The van der Waals surface area contributed by atoms with E-state index in [1.54, 1.807) is 0 Å². The number of rotatable bonds is 5. The minimum absolute atomic E-state index is 0.203. The summed E-state index contributed by atoms with van der Waals surface area (Å²) in [6.45, 7) is 13.2. The molecule has 0 aliphatic heterocycles. The van der Waals surface area contributed by atoms with Gasteiger partial charge in [-0.1, -0.05) is 39.8 Å². The predicted molar refractivity (Wildman–Crippen MR) is 61.0 cm³/mol. The van der Waals surface area contributed by atoms with Crippen LogP contribution in [0.3, 0.4) is 0 Å². The molecule has 0 unspecified atom stereocenters. The van der Waals surface area contributed by atoms with Crippen LogP contribution >= 0.6 is 0 Å². The molecule has 1 nitrogen and oxygen atoms in total. The number of hydrogen-bond donors (Lipinski definition) is 0. The lowest BCUT2D eigenvalue weighted by molar-refractivity contribution is 0.168. The molecule has 0 aliphatic carbocycles. The number of nitrogens with zero attached hydrogens (tertiary/aromatic N) is 1. The van der Waals surface area contributed by atoms with Crippen LogP contribution in [0.25, 0.3) is 0 Å². The molecule has 0 fully saturated rings. The highest BCUT2D eigenvalue weighted by Gasteiger charge is 2.32. The first-order valence-corrected chi connectivity index (χ1v) is 5.29. The minimum Gasteiger partial charge on any atom is -0.300 e. The molecule has 0 aromatic rings. The van der Waals surface area contributed by atoms with Crippen molar-refractivity contribution < 1.29 is 0 Å². The van der Waals surface area contributed by atoms with Crippen molar-refractivity contribution >= 4 is 0 Å². The minimum atomic E-state index is 0.203. The van der Waals surface area contributed by atoms with Gasteiger partial charge in [0.25, 0.3) is 0 Å². The van der Waals surface area contributed by atoms with E-state index in [4.69, 9.17) is 0 Å². The van der Waals surface area contributed by atoms with Crippen molar-refractivity contribution in [3.05, 3.63) is 12.2 Å². The molecule has 0 bridgehead atoms. The fraction of sp³-hybridized carbons (Fsp3) is 0.833. The van der Waals surface area contributed by atoms with E-state index in [1.165, 1.54) is 5.57 Å². The topological polar surface area (TPSA) is 3.24 Å². The molecule has 0 saturated heterocycles. The highest BCUT2D eigenvalue weighted by Crippen LogP contribution is 2.33. The van der Waals surface area contributed by atoms with Gasteiger partial charge in [0.15, 0.2) is 0 Å². The average Bonchev–Trinajstić information content (AvgIpc) is 2.06. The summed E-state index contributed by atoms with van der Waals surface area (Å²) in [6, 6.07) is 0. The molecule has 0 aromatic heterocycles. The molecule has 78 valence electrons. The number of likely N-dealkylation sites (N-methyl/N-ethyl adjacent to an activating group) is 1. The molecule has 0 atom stereocenters. The van der Waals surface area contributed by atoms with E-state index < -0.39 is 0 Å². The lowest BCUT2D eigenvalue weighted by Crippen LogP contribution is -2.45. The lowest BCUT2D eigenvalue weighted by Gasteiger charge is -2.42. The smallest absolute Gasteiger partial charge is 0.0409 e. The van der Waals surface area contributed by atoms with Crippen LogP contribution in [-0.4, -0.2) is 24.5 Å². The van der Waals surface area contributed by atoms with Gasteiger partial charge in [-0.25, -0.2) is 0 Å². The van der Waals surface area contributed by atoms with E-state index in [1.807, 2.05) is 0 Å². The van der Waals surface area contributed by atoms with Crippen LogP contribution in [0.5, 0.6) is 0 Å². The molecule has 0 amide bonds. The quantitative estimate of drug-likeness (QED) is 0.591. The van der Waals surface area contributed by atoms with Gasteiger partial charge in [0.05, 0.1) is 0 Å². The van der Waals surface area contributed by atoms with Gasteiger partial charge in [-0.05, 0) is 32.9 Å². The summed E-state index contributed by atoms with van der Waals surface area (Å²) in [7, 11) is 4.31. The Morgan fingerprint density at radius 3 is 1.69 bits per heavy atom. The third-order valence-corrected chi connectivity index (χ3v) is 3.32. The van der Waals surface area contributed by atoms with Crippen LogP contribution < -0.4 is 0 Å². The summed E-state index contributed by atoms with van der Waals surface area (Å²) in [5, 5.41) is 0. The molecule has 0 aromatic carbocycles. The van der Waals surface area contributed by atoms with E-state index >= 15 is 0 Å². The Morgan fingerprint density at radius 2 is 1.62 bits per heavy atom. The summed E-state index contributed by atoms with van der Waals surface area (Å²) in [5.41, 5.74) is 1.57. The molecule has 1 heteroatoms. The third kappa shape index (κ3) is 2.34. The first kappa shape index (κ1) is 12.7. The van der Waals surface area contributed by atoms with Crippen LogP contribution in [0.15, 0.2) is 12.2 Å². The zero-order chi connectivity index (χ0) is 10.6. The van der Waals surface area contributed by atoms with E-state index in [0.717, 1.165) is 12.8 Å². The van der Waals surface area contributed by atoms with E-state index in [0.29, 0.717) is 5.92 Å². The van der Waals surface area contributed by atoms with E-state index in [9.17, 15) is 0 Å². The van der Waals surface area contributed by atoms with Gasteiger partial charge in [-0.15, -0.1) is 0 Å². The van der Waals surface area contributed by atoms with Crippen molar-refractivity contribution in [1.29, 1.82) is 0 Å². The van der Waals surface area contributed by atoms with Crippen LogP contribution in [0.4, 0.5) is 0 Å². The van der Waals surface area contributed by atoms with Crippen molar-refractivity contribution in [3.8, 4) is 0 Å². The Bertz CT molecular complexity index is 164. The molecule has 0 aliphatic rings. The Labute approximate surface area is 83.8 Å². The Hall–Kier alpha value is -0.300. The molecule has 0 heterocycles. The van der Waals surface area contributed by atoms with Crippen molar-refractivity contribution in [1.82, 2.24) is 4.90 Å². The SMILES string of the molecule is C=C(C(C)C)C(CC)(CC)N(C)C. The zero-order valence-electron chi connectivity index (χ0n) is 10.1. The molecule has 13 heavy (non-hydrogen) atoms. The maximum atomic E-state index is 4.25. The summed E-state index contributed by atoms with van der Waals surface area (Å²) in [6.07, 6.45) is 2.29. The van der Waals surface area contributed by atoms with Crippen LogP contribution in [-0.2, 0) is 0 Å². The molecular formula is C12H25N. The molecule has 0 radical (unpaired) electrons. The molecular weight excluding hydrogens is 158 g/mol. The maximum absolute atomic E-state index is 4.25. The normalized spacial score (nSPS) is 12.6. The van der Waals surface area contributed by atoms with E-state index in [2.05, 4.69) is 53.3 Å². The summed E-state index contributed by atoms with van der Waals surface area (Å²) >= 11 is 0. The predicted octanol–water partition coefficient (Wildman–Crippen LogP) is 3.32. The molecule has 0 N–H and O–H groups in total. The zero-order valence-corrected chi connectivity index (χ0v) is 10.1. The van der Waals surface area contributed by atoms with Crippen molar-refractivity contribution in [2.75, 3.05) is 14.1 Å². The largest absolute Gasteiger partial charge is 0.300 e. The Morgan fingerprint density at radius 1 is 1.23 bits per heavy atom. The second-order valence-corrected chi connectivity index (χ2v) is 4.31. The first-order chi connectivity index (χ1) is 5.92. The van der Waals surface area contributed by atoms with E-state index in [-0.39, 0.29) is 5.54 Å². The van der Waals surface area contributed by atoms with Gasteiger partial charge in [0, 0.05) is 5.54 Å². The summed E-state index contributed by atoms with van der Waals surface area (Å²) < 4.78 is 0. The molecule has 0 rings (SSSR count). The van der Waals surface area contributed by atoms with Gasteiger partial charge < -0.3 is 4.90 Å². The van der Waals surface area contributed by atoms with Crippen LogP contribution in [0.2, 0.25) is 0 Å². The van der Waals surface area contributed by atoms with Crippen molar-refractivity contribution in [3.63, 3.8) is 0 Å². The van der Waals surface area contributed by atoms with Crippen LogP contribution in [0.1, 0.15) is 40.5 Å². The van der Waals surface area contributed by atoms with Gasteiger partial charge in [0.1, 0.15) is 0 Å². The van der Waals surface area contributed by atoms with Gasteiger partial charge in [-0.3, -0.25) is 0 Å². The first-order valence-electron chi connectivity index (χ1n) is 5.29. The third-order valence-electron chi connectivity index (χ3n) is 3.32.